The summed E-state index contributed by atoms with van der Waals surface area (Å²) in [6.45, 7) is 5.88. The van der Waals surface area contributed by atoms with Gasteiger partial charge in [0.2, 0.25) is 11.8 Å². The fourth-order valence-corrected chi connectivity index (χ4v) is 3.26. The first-order chi connectivity index (χ1) is 12.8. The molecule has 0 atom stereocenters. The number of Topliss-reactive ketones (excluding diaryl/α,β-unsaturated/α-hetero) is 1. The lowest BCUT2D eigenvalue weighted by molar-refractivity contribution is -0.147. The molecular formula is C22H24N2O3. The average molecular weight is 364 g/mol. The Morgan fingerprint density at radius 2 is 1.70 bits per heavy atom. The van der Waals surface area contributed by atoms with Crippen molar-refractivity contribution in [3.8, 4) is 0 Å². The van der Waals surface area contributed by atoms with Gasteiger partial charge in [-0.05, 0) is 50.5 Å². The predicted octanol–water partition coefficient (Wildman–Crippen LogP) is 3.44. The molecule has 3 rings (SSSR count). The van der Waals surface area contributed by atoms with Crippen LogP contribution in [0.4, 0.5) is 5.69 Å². The molecular weight excluding hydrogens is 340 g/mol. The van der Waals surface area contributed by atoms with E-state index in [1.54, 1.807) is 43.0 Å². The molecule has 2 aromatic carbocycles. The van der Waals surface area contributed by atoms with Gasteiger partial charge in [0.1, 0.15) is 5.41 Å². The normalized spacial score (nSPS) is 13.7. The van der Waals surface area contributed by atoms with E-state index < -0.39 is 5.41 Å². The third-order valence-corrected chi connectivity index (χ3v) is 5.05. The van der Waals surface area contributed by atoms with Gasteiger partial charge < -0.3 is 10.2 Å². The number of carbonyl (C=O) groups excluding carboxylic acids is 3. The summed E-state index contributed by atoms with van der Waals surface area (Å²) in [7, 11) is 0. The van der Waals surface area contributed by atoms with Crippen LogP contribution in [0.5, 0.6) is 0 Å². The maximum Gasteiger partial charge on any atom is 0.239 e. The van der Waals surface area contributed by atoms with E-state index in [9.17, 15) is 14.4 Å². The number of amides is 2. The molecule has 0 unspecified atom stereocenters. The van der Waals surface area contributed by atoms with Crippen LogP contribution in [0, 0.1) is 5.41 Å². The summed E-state index contributed by atoms with van der Waals surface area (Å²) in [5, 5.41) is 2.78. The van der Waals surface area contributed by atoms with Gasteiger partial charge in [-0.25, -0.2) is 0 Å². The highest BCUT2D eigenvalue weighted by Gasteiger charge is 2.40. The molecule has 1 aliphatic rings. The second-order valence-corrected chi connectivity index (χ2v) is 7.46. The van der Waals surface area contributed by atoms with Gasteiger partial charge in [0.25, 0.3) is 0 Å². The Hall–Kier alpha value is -2.95. The van der Waals surface area contributed by atoms with E-state index in [4.69, 9.17) is 0 Å². The number of nitrogens with one attached hydrogen (secondary N) is 1. The van der Waals surface area contributed by atoms with Gasteiger partial charge >= 0.3 is 0 Å². The lowest BCUT2D eigenvalue weighted by Crippen LogP contribution is -2.48. The van der Waals surface area contributed by atoms with Crippen LogP contribution >= 0.6 is 0 Å². The van der Waals surface area contributed by atoms with Crippen molar-refractivity contribution in [2.24, 2.45) is 5.41 Å². The standard InChI is InChI=1S/C22H24N2O3/c1-15(25)17-9-6-10-19(13-17)23-20(26)22(2,3)21(27)24-12-11-16-7-4-5-8-18(16)14-24/h4-10,13H,11-12,14H2,1-3H3,(H,23,26). The second kappa shape index (κ2) is 7.35. The molecule has 0 fully saturated rings. The number of anilines is 1. The zero-order chi connectivity index (χ0) is 19.6. The molecule has 1 heterocycles. The number of hydrogen-bond acceptors (Lipinski definition) is 3. The lowest BCUT2D eigenvalue weighted by atomic mass is 9.88. The largest absolute Gasteiger partial charge is 0.337 e. The molecule has 0 bridgehead atoms. The third kappa shape index (κ3) is 3.92. The summed E-state index contributed by atoms with van der Waals surface area (Å²) < 4.78 is 0. The monoisotopic (exact) mass is 364 g/mol. The van der Waals surface area contributed by atoms with Crippen molar-refractivity contribution >= 4 is 23.3 Å². The first-order valence-corrected chi connectivity index (χ1v) is 9.07. The third-order valence-electron chi connectivity index (χ3n) is 5.05. The Kier molecular flexibility index (Phi) is 5.13. The number of rotatable bonds is 4. The molecule has 0 radical (unpaired) electrons. The molecule has 1 aliphatic heterocycles. The van der Waals surface area contributed by atoms with Crippen LogP contribution in [0.25, 0.3) is 0 Å². The van der Waals surface area contributed by atoms with Crippen molar-refractivity contribution in [2.45, 2.75) is 33.7 Å². The zero-order valence-corrected chi connectivity index (χ0v) is 15.9. The molecule has 0 aliphatic carbocycles. The number of hydrogen-bond donors (Lipinski definition) is 1. The summed E-state index contributed by atoms with van der Waals surface area (Å²) >= 11 is 0. The zero-order valence-electron chi connectivity index (χ0n) is 15.9. The highest BCUT2D eigenvalue weighted by atomic mass is 16.2. The number of nitrogens with zero attached hydrogens (tertiary/aromatic N) is 1. The minimum atomic E-state index is -1.21. The Bertz CT molecular complexity index is 902. The van der Waals surface area contributed by atoms with E-state index in [0.29, 0.717) is 24.3 Å². The number of benzene rings is 2. The molecule has 0 aromatic heterocycles. The summed E-state index contributed by atoms with van der Waals surface area (Å²) in [6, 6.07) is 14.8. The van der Waals surface area contributed by atoms with Gasteiger partial charge in [-0.1, -0.05) is 36.4 Å². The van der Waals surface area contributed by atoms with E-state index >= 15 is 0 Å². The minimum absolute atomic E-state index is 0.0755. The van der Waals surface area contributed by atoms with Crippen molar-refractivity contribution in [2.75, 3.05) is 11.9 Å². The maximum atomic E-state index is 13.0. The first kappa shape index (κ1) is 18.8. The Morgan fingerprint density at radius 3 is 2.41 bits per heavy atom. The predicted molar refractivity (Wildman–Crippen MR) is 104 cm³/mol. The van der Waals surface area contributed by atoms with Gasteiger partial charge in [0, 0.05) is 24.3 Å². The van der Waals surface area contributed by atoms with Crippen LogP contribution in [-0.2, 0) is 22.6 Å². The van der Waals surface area contributed by atoms with E-state index in [-0.39, 0.29) is 17.6 Å². The molecule has 0 saturated carbocycles. The van der Waals surface area contributed by atoms with E-state index in [2.05, 4.69) is 11.4 Å². The fourth-order valence-electron chi connectivity index (χ4n) is 3.26. The van der Waals surface area contributed by atoms with Crippen LogP contribution in [0.3, 0.4) is 0 Å². The number of ketones is 1. The van der Waals surface area contributed by atoms with Crippen LogP contribution < -0.4 is 5.32 Å². The van der Waals surface area contributed by atoms with Crippen LogP contribution in [0.2, 0.25) is 0 Å². The second-order valence-electron chi connectivity index (χ2n) is 7.46. The molecule has 1 N–H and O–H groups in total. The average Bonchev–Trinajstić information content (AvgIpc) is 2.67. The van der Waals surface area contributed by atoms with Crippen molar-refractivity contribution in [3.63, 3.8) is 0 Å². The highest BCUT2D eigenvalue weighted by Crippen LogP contribution is 2.26. The topological polar surface area (TPSA) is 66.5 Å². The van der Waals surface area contributed by atoms with E-state index in [1.165, 1.54) is 12.5 Å². The van der Waals surface area contributed by atoms with Crippen molar-refractivity contribution in [3.05, 3.63) is 65.2 Å². The first-order valence-electron chi connectivity index (χ1n) is 9.07. The number of carbonyl (C=O) groups is 3. The van der Waals surface area contributed by atoms with Gasteiger partial charge in [-0.15, -0.1) is 0 Å². The molecule has 2 amide bonds. The highest BCUT2D eigenvalue weighted by molar-refractivity contribution is 6.10. The van der Waals surface area contributed by atoms with Crippen molar-refractivity contribution in [1.82, 2.24) is 4.90 Å². The maximum absolute atomic E-state index is 13.0. The molecule has 0 saturated heterocycles. The van der Waals surface area contributed by atoms with Gasteiger partial charge in [-0.2, -0.15) is 0 Å². The molecule has 5 heteroatoms. The van der Waals surface area contributed by atoms with Gasteiger partial charge in [-0.3, -0.25) is 14.4 Å². The van der Waals surface area contributed by atoms with Crippen LogP contribution in [0.1, 0.15) is 42.3 Å². The van der Waals surface area contributed by atoms with Crippen LogP contribution in [0.15, 0.2) is 48.5 Å². The van der Waals surface area contributed by atoms with Crippen LogP contribution in [-0.4, -0.2) is 29.0 Å². The quantitative estimate of drug-likeness (QED) is 0.668. The van der Waals surface area contributed by atoms with E-state index in [1.807, 2.05) is 18.2 Å². The molecule has 140 valence electrons. The Morgan fingerprint density at radius 1 is 1.00 bits per heavy atom. The Labute approximate surface area is 159 Å². The van der Waals surface area contributed by atoms with Crippen molar-refractivity contribution < 1.29 is 14.4 Å². The van der Waals surface area contributed by atoms with Gasteiger partial charge in [0.15, 0.2) is 5.78 Å². The SMILES string of the molecule is CC(=O)c1cccc(NC(=O)C(C)(C)C(=O)N2CCc3ccccc3C2)c1. The summed E-state index contributed by atoms with van der Waals surface area (Å²) in [6.07, 6.45) is 0.792. The molecule has 27 heavy (non-hydrogen) atoms. The summed E-state index contributed by atoms with van der Waals surface area (Å²) in [5.74, 6) is -0.655. The fraction of sp³-hybridized carbons (Fsp3) is 0.318. The van der Waals surface area contributed by atoms with Crippen molar-refractivity contribution in [1.29, 1.82) is 0 Å². The molecule has 2 aromatic rings. The number of fused-ring (bicyclic) bond motifs is 1. The Balaban J connectivity index is 1.73. The summed E-state index contributed by atoms with van der Waals surface area (Å²) in [5.41, 5.74) is 2.20. The van der Waals surface area contributed by atoms with E-state index in [0.717, 1.165) is 12.0 Å². The minimum Gasteiger partial charge on any atom is -0.337 e. The summed E-state index contributed by atoms with van der Waals surface area (Å²) in [4.78, 5) is 39.1. The lowest BCUT2D eigenvalue weighted by Gasteiger charge is -2.34. The molecule has 5 nitrogen and oxygen atoms in total. The smallest absolute Gasteiger partial charge is 0.239 e. The van der Waals surface area contributed by atoms with Gasteiger partial charge in [0.05, 0.1) is 0 Å². The molecule has 0 spiro atoms.